The molecule has 2 aromatic carbocycles. The first-order valence-corrected chi connectivity index (χ1v) is 7.04. The summed E-state index contributed by atoms with van der Waals surface area (Å²) >= 11 is 1.62. The molecule has 1 amide bonds. The molecule has 0 atom stereocenters. The minimum Gasteiger partial charge on any atom is -0.496 e. The number of ether oxygens (including phenoxy) is 1. The van der Waals surface area contributed by atoms with Gasteiger partial charge in [-0.15, -0.1) is 11.8 Å². The molecule has 0 aliphatic carbocycles. The van der Waals surface area contributed by atoms with Crippen LogP contribution in [0.3, 0.4) is 0 Å². The van der Waals surface area contributed by atoms with E-state index in [1.807, 2.05) is 24.3 Å². The Balaban J connectivity index is 2.12. The van der Waals surface area contributed by atoms with Crippen LogP contribution in [0.5, 0.6) is 5.75 Å². The highest BCUT2D eigenvalue weighted by Crippen LogP contribution is 2.33. The number of rotatable bonds is 5. The molecule has 0 aromatic heterocycles. The Morgan fingerprint density at radius 3 is 2.75 bits per heavy atom. The van der Waals surface area contributed by atoms with Crippen molar-refractivity contribution in [2.45, 2.75) is 10.6 Å². The third-order valence-electron chi connectivity index (χ3n) is 2.79. The molecule has 0 aliphatic heterocycles. The molecule has 0 aliphatic rings. The highest BCUT2D eigenvalue weighted by molar-refractivity contribution is 7.98. The standard InChI is InChI=1S/C15H16N2O2S/c1-19-13-8-12(16)5-6-14(13)20-9-10-3-2-4-11(7-10)15(17)18/h2-8H,9,16H2,1H3,(H2,17,18). The first-order chi connectivity index (χ1) is 9.60. The molecular formula is C15H16N2O2S. The number of carbonyl (C=O) groups excluding carboxylic acids is 1. The van der Waals surface area contributed by atoms with E-state index in [4.69, 9.17) is 16.2 Å². The summed E-state index contributed by atoms with van der Waals surface area (Å²) in [6.45, 7) is 0. The Labute approximate surface area is 122 Å². The lowest BCUT2D eigenvalue weighted by Gasteiger charge is -2.09. The van der Waals surface area contributed by atoms with Gasteiger partial charge in [0.05, 0.1) is 7.11 Å². The summed E-state index contributed by atoms with van der Waals surface area (Å²) in [4.78, 5) is 12.2. The minimum atomic E-state index is -0.415. The number of hydrogen-bond acceptors (Lipinski definition) is 4. The number of primary amides is 1. The normalized spacial score (nSPS) is 10.2. The van der Waals surface area contributed by atoms with E-state index in [0.29, 0.717) is 11.3 Å². The van der Waals surface area contributed by atoms with E-state index in [1.54, 1.807) is 37.1 Å². The van der Waals surface area contributed by atoms with Gasteiger partial charge in [-0.1, -0.05) is 12.1 Å². The molecular weight excluding hydrogens is 272 g/mol. The fourth-order valence-electron chi connectivity index (χ4n) is 1.78. The SMILES string of the molecule is COc1cc(N)ccc1SCc1cccc(C(N)=O)c1. The number of thioether (sulfide) groups is 1. The van der Waals surface area contributed by atoms with Crippen molar-refractivity contribution in [2.75, 3.05) is 12.8 Å². The summed E-state index contributed by atoms with van der Waals surface area (Å²) in [6, 6.07) is 12.9. The van der Waals surface area contributed by atoms with Crippen molar-refractivity contribution in [1.82, 2.24) is 0 Å². The van der Waals surface area contributed by atoms with Crippen LogP contribution in [0.4, 0.5) is 5.69 Å². The first-order valence-electron chi connectivity index (χ1n) is 6.05. The largest absolute Gasteiger partial charge is 0.496 e. The second kappa shape index (κ2) is 6.34. The monoisotopic (exact) mass is 288 g/mol. The molecule has 20 heavy (non-hydrogen) atoms. The van der Waals surface area contributed by atoms with Gasteiger partial charge in [0.1, 0.15) is 5.75 Å². The van der Waals surface area contributed by atoms with Gasteiger partial charge in [-0.2, -0.15) is 0 Å². The Morgan fingerprint density at radius 2 is 2.05 bits per heavy atom. The summed E-state index contributed by atoms with van der Waals surface area (Å²) in [5.41, 5.74) is 13.2. The van der Waals surface area contributed by atoms with Gasteiger partial charge in [-0.05, 0) is 29.8 Å². The van der Waals surface area contributed by atoms with Gasteiger partial charge >= 0.3 is 0 Å². The predicted octanol–water partition coefficient (Wildman–Crippen LogP) is 2.67. The molecule has 0 spiro atoms. The lowest BCUT2D eigenvalue weighted by molar-refractivity contribution is 0.1000. The first kappa shape index (κ1) is 14.3. The Hall–Kier alpha value is -2.14. The van der Waals surface area contributed by atoms with Crippen LogP contribution in [0.2, 0.25) is 0 Å². The van der Waals surface area contributed by atoms with E-state index in [9.17, 15) is 4.79 Å². The number of anilines is 1. The van der Waals surface area contributed by atoms with Gasteiger partial charge in [0, 0.05) is 28.0 Å². The van der Waals surface area contributed by atoms with Gasteiger partial charge in [0.2, 0.25) is 5.91 Å². The summed E-state index contributed by atoms with van der Waals surface area (Å²) < 4.78 is 5.30. The second-order valence-corrected chi connectivity index (χ2v) is 5.28. The topological polar surface area (TPSA) is 78.3 Å². The highest BCUT2D eigenvalue weighted by atomic mass is 32.2. The van der Waals surface area contributed by atoms with Gasteiger partial charge in [-0.3, -0.25) is 4.79 Å². The molecule has 0 saturated carbocycles. The predicted molar refractivity (Wildman–Crippen MR) is 81.9 cm³/mol. The fraction of sp³-hybridized carbons (Fsp3) is 0.133. The van der Waals surface area contributed by atoms with Crippen molar-refractivity contribution in [3.63, 3.8) is 0 Å². The van der Waals surface area contributed by atoms with Crippen LogP contribution in [0.15, 0.2) is 47.4 Å². The summed E-state index contributed by atoms with van der Waals surface area (Å²) in [5, 5.41) is 0. The Bertz CT molecular complexity index is 629. The number of nitrogen functional groups attached to an aromatic ring is 1. The van der Waals surface area contributed by atoms with Crippen molar-refractivity contribution in [2.24, 2.45) is 5.73 Å². The minimum absolute atomic E-state index is 0.415. The maximum atomic E-state index is 11.1. The number of carbonyl (C=O) groups is 1. The number of benzene rings is 2. The molecule has 4 N–H and O–H groups in total. The number of methoxy groups -OCH3 is 1. The van der Waals surface area contributed by atoms with E-state index in [2.05, 4.69) is 0 Å². The third kappa shape index (κ3) is 3.45. The van der Waals surface area contributed by atoms with Crippen molar-refractivity contribution in [3.8, 4) is 5.75 Å². The van der Waals surface area contributed by atoms with Gasteiger partial charge in [0.25, 0.3) is 0 Å². The molecule has 2 rings (SSSR count). The maximum absolute atomic E-state index is 11.1. The van der Waals surface area contributed by atoms with E-state index >= 15 is 0 Å². The Morgan fingerprint density at radius 1 is 1.25 bits per heavy atom. The van der Waals surface area contributed by atoms with Crippen LogP contribution in [0.25, 0.3) is 0 Å². The van der Waals surface area contributed by atoms with E-state index in [1.165, 1.54) is 0 Å². The highest BCUT2D eigenvalue weighted by Gasteiger charge is 2.06. The molecule has 0 saturated heterocycles. The zero-order valence-corrected chi connectivity index (χ0v) is 11.9. The molecule has 0 unspecified atom stereocenters. The molecule has 5 heteroatoms. The zero-order chi connectivity index (χ0) is 14.5. The van der Waals surface area contributed by atoms with Crippen LogP contribution in [-0.4, -0.2) is 13.0 Å². The van der Waals surface area contributed by atoms with Crippen LogP contribution in [-0.2, 0) is 5.75 Å². The van der Waals surface area contributed by atoms with Crippen molar-refractivity contribution in [1.29, 1.82) is 0 Å². The van der Waals surface area contributed by atoms with Crippen LogP contribution in [0.1, 0.15) is 15.9 Å². The molecule has 2 aromatic rings. The molecule has 4 nitrogen and oxygen atoms in total. The molecule has 104 valence electrons. The van der Waals surface area contributed by atoms with Crippen molar-refractivity contribution >= 4 is 23.4 Å². The molecule has 0 bridgehead atoms. The van der Waals surface area contributed by atoms with Crippen molar-refractivity contribution in [3.05, 3.63) is 53.6 Å². The van der Waals surface area contributed by atoms with Crippen LogP contribution >= 0.6 is 11.8 Å². The molecule has 0 radical (unpaired) electrons. The average molecular weight is 288 g/mol. The maximum Gasteiger partial charge on any atom is 0.248 e. The van der Waals surface area contributed by atoms with Gasteiger partial charge in [0.15, 0.2) is 0 Å². The molecule has 0 fully saturated rings. The molecule has 0 heterocycles. The fourth-order valence-corrected chi connectivity index (χ4v) is 2.73. The number of amides is 1. The summed E-state index contributed by atoms with van der Waals surface area (Å²) in [6.07, 6.45) is 0. The van der Waals surface area contributed by atoms with E-state index in [0.717, 1.165) is 22.0 Å². The lowest BCUT2D eigenvalue weighted by Crippen LogP contribution is -2.10. The van der Waals surface area contributed by atoms with Crippen molar-refractivity contribution < 1.29 is 9.53 Å². The summed E-state index contributed by atoms with van der Waals surface area (Å²) in [7, 11) is 1.62. The van der Waals surface area contributed by atoms with Gasteiger partial charge < -0.3 is 16.2 Å². The van der Waals surface area contributed by atoms with E-state index in [-0.39, 0.29) is 0 Å². The lowest BCUT2D eigenvalue weighted by atomic mass is 10.1. The summed E-state index contributed by atoms with van der Waals surface area (Å²) in [5.74, 6) is 1.06. The van der Waals surface area contributed by atoms with Gasteiger partial charge in [-0.25, -0.2) is 0 Å². The smallest absolute Gasteiger partial charge is 0.248 e. The third-order valence-corrected chi connectivity index (χ3v) is 3.92. The Kier molecular flexibility index (Phi) is 4.53. The number of hydrogen-bond donors (Lipinski definition) is 2. The van der Waals surface area contributed by atoms with Crippen LogP contribution < -0.4 is 16.2 Å². The quantitative estimate of drug-likeness (QED) is 0.655. The number of nitrogens with two attached hydrogens (primary N) is 2. The van der Waals surface area contributed by atoms with Crippen LogP contribution in [0, 0.1) is 0 Å². The zero-order valence-electron chi connectivity index (χ0n) is 11.1. The average Bonchev–Trinajstić information content (AvgIpc) is 2.46. The van der Waals surface area contributed by atoms with E-state index < -0.39 is 5.91 Å². The second-order valence-electron chi connectivity index (χ2n) is 4.26.